The summed E-state index contributed by atoms with van der Waals surface area (Å²) in [6, 6.07) is 9.35. The number of hydrogen-bond acceptors (Lipinski definition) is 3. The maximum Gasteiger partial charge on any atom is 0.0564 e. The Morgan fingerprint density at radius 2 is 1.84 bits per heavy atom. The van der Waals surface area contributed by atoms with E-state index in [2.05, 4.69) is 34.5 Å². The summed E-state index contributed by atoms with van der Waals surface area (Å²) in [4.78, 5) is 2.45. The van der Waals surface area contributed by atoms with Gasteiger partial charge in [-0.3, -0.25) is 4.90 Å². The minimum absolute atomic E-state index is 0.0837. The van der Waals surface area contributed by atoms with Crippen molar-refractivity contribution in [3.05, 3.63) is 29.8 Å². The van der Waals surface area contributed by atoms with E-state index in [0.29, 0.717) is 6.04 Å². The molecule has 0 bridgehead atoms. The number of nitrogens with zero attached hydrogens (tertiary/aromatic N) is 1. The fourth-order valence-electron chi connectivity index (χ4n) is 2.89. The van der Waals surface area contributed by atoms with E-state index >= 15 is 0 Å². The van der Waals surface area contributed by atoms with Crippen LogP contribution in [0.3, 0.4) is 0 Å². The lowest BCUT2D eigenvalue weighted by atomic mass is 9.92. The standard InChI is InChI=1S/C16H24N2O/c19-15-8-10-18(11-9-15)12-13-4-1-2-7-16(13)17-14-5-3-6-14/h1-2,4,7,14-15,17,19H,3,5-6,8-12H2. The normalized spacial score (nSPS) is 22.2. The first kappa shape index (κ1) is 12.9. The minimum atomic E-state index is -0.0837. The second kappa shape index (κ2) is 5.93. The smallest absolute Gasteiger partial charge is 0.0564 e. The Hall–Kier alpha value is -1.06. The molecule has 3 rings (SSSR count). The largest absolute Gasteiger partial charge is 0.393 e. The molecule has 1 saturated carbocycles. The van der Waals surface area contributed by atoms with E-state index in [1.165, 1.54) is 30.5 Å². The lowest BCUT2D eigenvalue weighted by Gasteiger charge is -2.32. The molecule has 1 saturated heterocycles. The predicted molar refractivity (Wildman–Crippen MR) is 78.2 cm³/mol. The van der Waals surface area contributed by atoms with Gasteiger partial charge in [-0.1, -0.05) is 18.2 Å². The third-order valence-corrected chi connectivity index (χ3v) is 4.43. The zero-order valence-electron chi connectivity index (χ0n) is 11.5. The summed E-state index contributed by atoms with van der Waals surface area (Å²) in [5, 5.41) is 13.2. The summed E-state index contributed by atoms with van der Waals surface area (Å²) < 4.78 is 0. The first-order valence-corrected chi connectivity index (χ1v) is 7.56. The lowest BCUT2D eigenvalue weighted by Crippen LogP contribution is -2.35. The van der Waals surface area contributed by atoms with Crippen molar-refractivity contribution in [2.75, 3.05) is 18.4 Å². The highest BCUT2D eigenvalue weighted by Gasteiger charge is 2.20. The molecule has 0 amide bonds. The van der Waals surface area contributed by atoms with E-state index in [1.807, 2.05) is 0 Å². The highest BCUT2D eigenvalue weighted by atomic mass is 16.3. The van der Waals surface area contributed by atoms with E-state index in [-0.39, 0.29) is 6.10 Å². The number of nitrogens with one attached hydrogen (secondary N) is 1. The van der Waals surface area contributed by atoms with Crippen LogP contribution in [0.15, 0.2) is 24.3 Å². The van der Waals surface area contributed by atoms with Crippen molar-refractivity contribution in [2.24, 2.45) is 0 Å². The number of hydrogen-bond donors (Lipinski definition) is 2. The van der Waals surface area contributed by atoms with Crippen molar-refractivity contribution in [1.82, 2.24) is 4.90 Å². The zero-order valence-corrected chi connectivity index (χ0v) is 11.5. The number of anilines is 1. The fourth-order valence-corrected chi connectivity index (χ4v) is 2.89. The Balaban J connectivity index is 1.62. The van der Waals surface area contributed by atoms with Crippen LogP contribution < -0.4 is 5.32 Å². The molecular formula is C16H24N2O. The molecule has 0 spiro atoms. The molecule has 1 aliphatic carbocycles. The SMILES string of the molecule is OC1CCN(Cc2ccccc2NC2CCC2)CC1. The molecule has 104 valence electrons. The number of rotatable bonds is 4. The predicted octanol–water partition coefficient (Wildman–Crippen LogP) is 2.61. The molecular weight excluding hydrogens is 236 g/mol. The second-order valence-electron chi connectivity index (χ2n) is 5.94. The van der Waals surface area contributed by atoms with E-state index in [4.69, 9.17) is 0 Å². The van der Waals surface area contributed by atoms with E-state index in [1.54, 1.807) is 0 Å². The molecule has 0 aromatic heterocycles. The van der Waals surface area contributed by atoms with Gasteiger partial charge in [0.05, 0.1) is 6.10 Å². The van der Waals surface area contributed by atoms with Gasteiger partial charge in [-0.2, -0.15) is 0 Å². The van der Waals surface area contributed by atoms with Crippen LogP contribution in [-0.2, 0) is 6.54 Å². The third-order valence-electron chi connectivity index (χ3n) is 4.43. The summed E-state index contributed by atoms with van der Waals surface area (Å²) in [6.45, 7) is 3.03. The van der Waals surface area contributed by atoms with Crippen LogP contribution in [0.2, 0.25) is 0 Å². The van der Waals surface area contributed by atoms with Gasteiger partial charge in [0.15, 0.2) is 0 Å². The number of para-hydroxylation sites is 1. The Bertz CT molecular complexity index is 409. The van der Waals surface area contributed by atoms with Gasteiger partial charge < -0.3 is 10.4 Å². The van der Waals surface area contributed by atoms with Crippen LogP contribution in [0.1, 0.15) is 37.7 Å². The van der Waals surface area contributed by atoms with E-state index in [0.717, 1.165) is 32.5 Å². The Kier molecular flexibility index (Phi) is 4.04. The molecule has 0 unspecified atom stereocenters. The van der Waals surface area contributed by atoms with Crippen molar-refractivity contribution in [3.8, 4) is 0 Å². The Labute approximate surface area is 115 Å². The number of aliphatic hydroxyl groups is 1. The van der Waals surface area contributed by atoms with Crippen LogP contribution >= 0.6 is 0 Å². The van der Waals surface area contributed by atoms with Crippen LogP contribution in [0.4, 0.5) is 5.69 Å². The van der Waals surface area contributed by atoms with Crippen molar-refractivity contribution >= 4 is 5.69 Å². The summed E-state index contributed by atoms with van der Waals surface area (Å²) in [5.41, 5.74) is 2.70. The molecule has 19 heavy (non-hydrogen) atoms. The average Bonchev–Trinajstić information content (AvgIpc) is 2.38. The monoisotopic (exact) mass is 260 g/mol. The van der Waals surface area contributed by atoms with Gasteiger partial charge in [0.1, 0.15) is 0 Å². The number of piperidine rings is 1. The molecule has 2 fully saturated rings. The molecule has 1 aromatic rings. The van der Waals surface area contributed by atoms with Gasteiger partial charge >= 0.3 is 0 Å². The molecule has 1 heterocycles. The Morgan fingerprint density at radius 3 is 2.53 bits per heavy atom. The van der Waals surface area contributed by atoms with Gasteiger partial charge in [0, 0.05) is 31.4 Å². The molecule has 2 aliphatic rings. The second-order valence-corrected chi connectivity index (χ2v) is 5.94. The number of aliphatic hydroxyl groups excluding tert-OH is 1. The maximum atomic E-state index is 9.57. The number of benzene rings is 1. The van der Waals surface area contributed by atoms with Gasteiger partial charge in [-0.25, -0.2) is 0 Å². The quantitative estimate of drug-likeness (QED) is 0.873. The van der Waals surface area contributed by atoms with Gasteiger partial charge in [0.25, 0.3) is 0 Å². The highest BCUT2D eigenvalue weighted by Crippen LogP contribution is 2.26. The molecule has 1 aromatic carbocycles. The van der Waals surface area contributed by atoms with Gasteiger partial charge in [-0.05, 0) is 43.7 Å². The van der Waals surface area contributed by atoms with Crippen molar-refractivity contribution in [3.63, 3.8) is 0 Å². The van der Waals surface area contributed by atoms with Crippen LogP contribution in [0.5, 0.6) is 0 Å². The van der Waals surface area contributed by atoms with E-state index < -0.39 is 0 Å². The minimum Gasteiger partial charge on any atom is -0.393 e. The summed E-state index contributed by atoms with van der Waals surface area (Å²) >= 11 is 0. The Morgan fingerprint density at radius 1 is 1.11 bits per heavy atom. The van der Waals surface area contributed by atoms with Crippen LogP contribution in [0, 0.1) is 0 Å². The molecule has 2 N–H and O–H groups in total. The molecule has 3 heteroatoms. The molecule has 0 atom stereocenters. The average molecular weight is 260 g/mol. The zero-order chi connectivity index (χ0) is 13.1. The van der Waals surface area contributed by atoms with E-state index in [9.17, 15) is 5.11 Å². The van der Waals surface area contributed by atoms with Gasteiger partial charge in [-0.15, -0.1) is 0 Å². The maximum absolute atomic E-state index is 9.57. The first-order chi connectivity index (χ1) is 9.31. The van der Waals surface area contributed by atoms with Gasteiger partial charge in [0.2, 0.25) is 0 Å². The van der Waals surface area contributed by atoms with Crippen LogP contribution in [-0.4, -0.2) is 35.2 Å². The molecule has 1 aliphatic heterocycles. The lowest BCUT2D eigenvalue weighted by molar-refractivity contribution is 0.0793. The fraction of sp³-hybridized carbons (Fsp3) is 0.625. The summed E-state index contributed by atoms with van der Waals surface area (Å²) in [6.07, 6.45) is 5.73. The first-order valence-electron chi connectivity index (χ1n) is 7.56. The van der Waals surface area contributed by atoms with Crippen molar-refractivity contribution in [1.29, 1.82) is 0 Å². The summed E-state index contributed by atoms with van der Waals surface area (Å²) in [7, 11) is 0. The third kappa shape index (κ3) is 3.28. The van der Waals surface area contributed by atoms with Crippen molar-refractivity contribution in [2.45, 2.75) is 50.8 Å². The van der Waals surface area contributed by atoms with Crippen molar-refractivity contribution < 1.29 is 5.11 Å². The molecule has 3 nitrogen and oxygen atoms in total. The molecule has 0 radical (unpaired) electrons. The summed E-state index contributed by atoms with van der Waals surface area (Å²) in [5.74, 6) is 0. The van der Waals surface area contributed by atoms with Crippen LogP contribution in [0.25, 0.3) is 0 Å². The topological polar surface area (TPSA) is 35.5 Å². The highest BCUT2D eigenvalue weighted by molar-refractivity contribution is 5.52. The number of likely N-dealkylation sites (tertiary alicyclic amines) is 1.